The molecule has 3 aromatic heterocycles. The Kier molecular flexibility index (Phi) is 4.79. The highest BCUT2D eigenvalue weighted by atomic mass is 19.4. The van der Waals surface area contributed by atoms with E-state index in [9.17, 15) is 22.8 Å². The second kappa shape index (κ2) is 7.05. The normalized spacial score (nSPS) is 11.6. The summed E-state index contributed by atoms with van der Waals surface area (Å²) in [6, 6.07) is 1.66. The summed E-state index contributed by atoms with van der Waals surface area (Å²) in [5, 5.41) is 12.1. The van der Waals surface area contributed by atoms with Gasteiger partial charge in [-0.3, -0.25) is 14.2 Å². The standard InChI is InChI=1S/C15H12F3N6O3/c1-9-21-22-13-12(19-4-7-24(9)13)10-2-5-23(20-8-10)6-3-11(25)27-14(26)15(16,17)18/h2,4-5,7-8H,3,6H2,1H3/q+1. The average Bonchev–Trinajstić information content (AvgIpc) is 3.01. The van der Waals surface area contributed by atoms with Crippen molar-refractivity contribution in [2.24, 2.45) is 0 Å². The molecule has 3 aromatic rings. The molecule has 0 aliphatic heterocycles. The molecule has 0 radical (unpaired) electrons. The lowest BCUT2D eigenvalue weighted by Crippen LogP contribution is -2.39. The molecule has 0 saturated heterocycles. The lowest BCUT2D eigenvalue weighted by atomic mass is 10.2. The molecule has 9 nitrogen and oxygen atoms in total. The second-order valence-electron chi connectivity index (χ2n) is 5.40. The van der Waals surface area contributed by atoms with Gasteiger partial charge in [0.2, 0.25) is 0 Å². The van der Waals surface area contributed by atoms with Crippen LogP contribution in [0.2, 0.25) is 0 Å². The van der Waals surface area contributed by atoms with Crippen LogP contribution in [0, 0.1) is 6.92 Å². The number of aryl methyl sites for hydroxylation is 2. The number of halogens is 3. The van der Waals surface area contributed by atoms with Crippen molar-refractivity contribution < 1.29 is 32.2 Å². The molecule has 3 heterocycles. The summed E-state index contributed by atoms with van der Waals surface area (Å²) in [7, 11) is 0. The molecule has 0 fully saturated rings. The van der Waals surface area contributed by atoms with Crippen LogP contribution in [0.5, 0.6) is 0 Å². The SMILES string of the molecule is Cc1nnc2c(-c3cc[n+](CCC(=O)OC(=O)C(F)(F)F)nc3)nccn12. The molecule has 0 aliphatic carbocycles. The van der Waals surface area contributed by atoms with Gasteiger partial charge in [-0.05, 0) is 12.0 Å². The van der Waals surface area contributed by atoms with E-state index < -0.39 is 24.5 Å². The fourth-order valence-electron chi connectivity index (χ4n) is 2.22. The van der Waals surface area contributed by atoms with Crippen molar-refractivity contribution in [3.05, 3.63) is 36.7 Å². The maximum absolute atomic E-state index is 12.0. The minimum Gasteiger partial charge on any atom is -0.386 e. The molecule has 0 atom stereocenters. The molecule has 0 unspecified atom stereocenters. The van der Waals surface area contributed by atoms with Gasteiger partial charge in [-0.2, -0.15) is 13.2 Å². The third-order valence-corrected chi connectivity index (χ3v) is 3.53. The fraction of sp³-hybridized carbons (Fsp3) is 0.267. The van der Waals surface area contributed by atoms with E-state index in [0.717, 1.165) is 0 Å². The predicted molar refractivity (Wildman–Crippen MR) is 80.7 cm³/mol. The highest BCUT2D eigenvalue weighted by Gasteiger charge is 2.42. The van der Waals surface area contributed by atoms with Gasteiger partial charge < -0.3 is 4.74 Å². The molecule has 0 bridgehead atoms. The summed E-state index contributed by atoms with van der Waals surface area (Å²) in [5.41, 5.74) is 1.73. The molecule has 140 valence electrons. The Morgan fingerprint density at radius 1 is 1.30 bits per heavy atom. The average molecular weight is 381 g/mol. The molecular formula is C15H12F3N6O3+. The number of rotatable bonds is 4. The lowest BCUT2D eigenvalue weighted by molar-refractivity contribution is -0.752. The number of hydrogen-bond acceptors (Lipinski definition) is 7. The molecule has 0 N–H and O–H groups in total. The van der Waals surface area contributed by atoms with Crippen molar-refractivity contribution in [3.8, 4) is 11.3 Å². The first-order valence-corrected chi connectivity index (χ1v) is 7.60. The molecule has 0 aromatic carbocycles. The zero-order valence-corrected chi connectivity index (χ0v) is 13.8. The van der Waals surface area contributed by atoms with Crippen molar-refractivity contribution in [1.29, 1.82) is 0 Å². The Balaban J connectivity index is 1.67. The number of hydrogen-bond donors (Lipinski definition) is 0. The van der Waals surface area contributed by atoms with Gasteiger partial charge in [-0.15, -0.1) is 10.2 Å². The predicted octanol–water partition coefficient (Wildman–Crippen LogP) is 0.804. The first-order valence-electron chi connectivity index (χ1n) is 7.60. The fourth-order valence-corrected chi connectivity index (χ4v) is 2.22. The highest BCUT2D eigenvalue weighted by molar-refractivity contribution is 5.88. The summed E-state index contributed by atoms with van der Waals surface area (Å²) < 4.78 is 42.9. The monoisotopic (exact) mass is 381 g/mol. The summed E-state index contributed by atoms with van der Waals surface area (Å²) in [5.74, 6) is -3.14. The number of fused-ring (bicyclic) bond motifs is 1. The molecule has 12 heteroatoms. The van der Waals surface area contributed by atoms with E-state index >= 15 is 0 Å². The van der Waals surface area contributed by atoms with Gasteiger partial charge in [-0.1, -0.05) is 4.68 Å². The van der Waals surface area contributed by atoms with Crippen molar-refractivity contribution >= 4 is 17.6 Å². The zero-order valence-electron chi connectivity index (χ0n) is 13.8. The third kappa shape index (κ3) is 4.04. The number of esters is 2. The van der Waals surface area contributed by atoms with E-state index in [1.807, 2.05) is 0 Å². The van der Waals surface area contributed by atoms with E-state index in [4.69, 9.17) is 0 Å². The van der Waals surface area contributed by atoms with Crippen molar-refractivity contribution in [1.82, 2.24) is 24.7 Å². The smallest absolute Gasteiger partial charge is 0.386 e. The van der Waals surface area contributed by atoms with Crippen molar-refractivity contribution in [2.45, 2.75) is 26.1 Å². The van der Waals surface area contributed by atoms with E-state index in [2.05, 4.69) is 25.0 Å². The number of carbonyl (C=O) groups excluding carboxylic acids is 2. The number of carbonyl (C=O) groups is 2. The summed E-state index contributed by atoms with van der Waals surface area (Å²) >= 11 is 0. The van der Waals surface area contributed by atoms with Crippen LogP contribution in [0.1, 0.15) is 12.2 Å². The first kappa shape index (κ1) is 18.4. The molecular weight excluding hydrogens is 369 g/mol. The Morgan fingerprint density at radius 3 is 2.74 bits per heavy atom. The van der Waals surface area contributed by atoms with Crippen molar-refractivity contribution in [3.63, 3.8) is 0 Å². The van der Waals surface area contributed by atoms with Gasteiger partial charge >= 0.3 is 18.1 Å². The molecule has 27 heavy (non-hydrogen) atoms. The zero-order chi connectivity index (χ0) is 19.6. The van der Waals surface area contributed by atoms with Crippen molar-refractivity contribution in [2.75, 3.05) is 0 Å². The maximum Gasteiger partial charge on any atom is 0.491 e. The number of aromatic nitrogens is 6. The van der Waals surface area contributed by atoms with Crippen LogP contribution in [0.4, 0.5) is 13.2 Å². The van der Waals surface area contributed by atoms with Crippen LogP contribution < -0.4 is 4.68 Å². The van der Waals surface area contributed by atoms with Gasteiger partial charge in [-0.25, -0.2) is 4.79 Å². The van der Waals surface area contributed by atoms with Crippen LogP contribution >= 0.6 is 0 Å². The van der Waals surface area contributed by atoms with Crippen LogP contribution in [-0.2, 0) is 20.9 Å². The minimum absolute atomic E-state index is 0.0636. The quantitative estimate of drug-likeness (QED) is 0.374. The Bertz CT molecular complexity index is 1000. The third-order valence-electron chi connectivity index (χ3n) is 3.53. The Hall–Kier alpha value is -3.44. The van der Waals surface area contributed by atoms with E-state index in [1.54, 1.807) is 29.8 Å². The molecule has 3 rings (SSSR count). The second-order valence-corrected chi connectivity index (χ2v) is 5.40. The van der Waals surface area contributed by atoms with E-state index in [0.29, 0.717) is 22.7 Å². The number of ether oxygens (including phenoxy) is 1. The van der Waals surface area contributed by atoms with E-state index in [-0.39, 0.29) is 6.54 Å². The number of nitrogens with zero attached hydrogens (tertiary/aromatic N) is 6. The summed E-state index contributed by atoms with van der Waals surface area (Å²) in [6.07, 6.45) is 0.639. The van der Waals surface area contributed by atoms with Gasteiger partial charge in [0.1, 0.15) is 24.1 Å². The first-order chi connectivity index (χ1) is 12.8. The summed E-state index contributed by atoms with van der Waals surface area (Å²) in [6.45, 7) is 1.73. The molecule has 0 aliphatic rings. The van der Waals surface area contributed by atoms with E-state index in [1.165, 1.54) is 17.1 Å². The molecule has 0 spiro atoms. The van der Waals surface area contributed by atoms with Crippen LogP contribution in [0.3, 0.4) is 0 Å². The van der Waals surface area contributed by atoms with Gasteiger partial charge in [0, 0.05) is 24.0 Å². The topological polar surface area (TPSA) is 103 Å². The Morgan fingerprint density at radius 2 is 2.07 bits per heavy atom. The van der Waals surface area contributed by atoms with Gasteiger partial charge in [0.15, 0.2) is 18.4 Å². The summed E-state index contributed by atoms with van der Waals surface area (Å²) in [4.78, 5) is 26.1. The van der Waals surface area contributed by atoms with Crippen LogP contribution in [0.15, 0.2) is 30.9 Å². The van der Waals surface area contributed by atoms with Crippen LogP contribution in [-0.4, -0.2) is 42.8 Å². The maximum atomic E-state index is 12.0. The lowest BCUT2D eigenvalue weighted by Gasteiger charge is -2.04. The largest absolute Gasteiger partial charge is 0.491 e. The highest BCUT2D eigenvalue weighted by Crippen LogP contribution is 2.19. The van der Waals surface area contributed by atoms with Gasteiger partial charge in [0.25, 0.3) is 0 Å². The molecule has 0 saturated carbocycles. The van der Waals surface area contributed by atoms with Crippen LogP contribution in [0.25, 0.3) is 16.9 Å². The molecule has 0 amide bonds. The number of alkyl halides is 3. The van der Waals surface area contributed by atoms with Gasteiger partial charge in [0.05, 0.1) is 0 Å². The minimum atomic E-state index is -5.21. The Labute approximate surface area is 149 Å².